The van der Waals surface area contributed by atoms with Crippen molar-refractivity contribution in [3.05, 3.63) is 24.5 Å². The molecule has 4 nitrogen and oxygen atoms in total. The predicted octanol–water partition coefficient (Wildman–Crippen LogP) is 0.295. The van der Waals surface area contributed by atoms with Crippen LogP contribution in [0.4, 0.5) is 0 Å². The van der Waals surface area contributed by atoms with Gasteiger partial charge in [-0.05, 0) is 24.6 Å². The summed E-state index contributed by atoms with van der Waals surface area (Å²) >= 11 is 0. The highest BCUT2D eigenvalue weighted by molar-refractivity contribution is 5.78. The van der Waals surface area contributed by atoms with Gasteiger partial charge in [0.2, 0.25) is 5.91 Å². The molecule has 1 fully saturated rings. The largest absolute Gasteiger partial charge is 0.352 e. The Bertz CT molecular complexity index is 321. The maximum atomic E-state index is 11.6. The van der Waals surface area contributed by atoms with Crippen LogP contribution in [0.1, 0.15) is 6.42 Å². The zero-order valence-electron chi connectivity index (χ0n) is 8.80. The molecule has 2 heterocycles. The molecule has 4 heteroatoms. The van der Waals surface area contributed by atoms with E-state index in [9.17, 15) is 4.79 Å². The zero-order chi connectivity index (χ0) is 10.7. The highest BCUT2D eigenvalue weighted by Gasteiger charge is 2.27. The van der Waals surface area contributed by atoms with Gasteiger partial charge in [-0.15, -0.1) is 0 Å². The number of rotatable bonds is 4. The highest BCUT2D eigenvalue weighted by atomic mass is 16.2. The number of nitrogens with zero attached hydrogens (tertiary/aromatic N) is 2. The van der Waals surface area contributed by atoms with Gasteiger partial charge in [-0.2, -0.15) is 0 Å². The molecule has 2 rings (SSSR count). The van der Waals surface area contributed by atoms with Crippen LogP contribution in [-0.4, -0.2) is 35.0 Å². The smallest absolute Gasteiger partial charge is 0.223 e. The fourth-order valence-electron chi connectivity index (χ4n) is 1.98. The van der Waals surface area contributed by atoms with E-state index < -0.39 is 0 Å². The Hall–Kier alpha value is -1.29. The molecule has 1 unspecified atom stereocenters. The van der Waals surface area contributed by atoms with Crippen molar-refractivity contribution in [1.29, 1.82) is 0 Å². The third-order valence-electron chi connectivity index (χ3n) is 2.92. The normalized spacial score (nSPS) is 21.3. The van der Waals surface area contributed by atoms with E-state index in [-0.39, 0.29) is 5.91 Å². The number of amides is 1. The average Bonchev–Trinajstić information content (AvgIpc) is 2.84. The summed E-state index contributed by atoms with van der Waals surface area (Å²) in [5.41, 5.74) is 5.56. The molecule has 1 aromatic heterocycles. The second kappa shape index (κ2) is 4.49. The molecule has 1 saturated heterocycles. The van der Waals surface area contributed by atoms with E-state index >= 15 is 0 Å². The predicted molar refractivity (Wildman–Crippen MR) is 58.2 cm³/mol. The second-order valence-electron chi connectivity index (χ2n) is 4.07. The van der Waals surface area contributed by atoms with Crippen molar-refractivity contribution < 1.29 is 4.79 Å². The van der Waals surface area contributed by atoms with E-state index in [1.807, 2.05) is 29.4 Å². The van der Waals surface area contributed by atoms with E-state index in [0.29, 0.717) is 18.9 Å². The quantitative estimate of drug-likeness (QED) is 0.771. The molecule has 82 valence electrons. The molecule has 0 aromatic carbocycles. The number of carbonyl (C=O) groups excluding carboxylic acids is 1. The molecule has 1 atom stereocenters. The molecule has 0 spiro atoms. The van der Waals surface area contributed by atoms with Crippen LogP contribution in [0, 0.1) is 5.92 Å². The molecule has 0 aliphatic carbocycles. The molecule has 1 aromatic rings. The van der Waals surface area contributed by atoms with E-state index in [4.69, 9.17) is 5.73 Å². The summed E-state index contributed by atoms with van der Waals surface area (Å²) in [6, 6.07) is 3.99. The van der Waals surface area contributed by atoms with Gasteiger partial charge in [0, 0.05) is 38.4 Å². The first-order chi connectivity index (χ1) is 7.29. The van der Waals surface area contributed by atoms with Gasteiger partial charge in [-0.1, -0.05) is 0 Å². The molecular weight excluding hydrogens is 190 g/mol. The van der Waals surface area contributed by atoms with Crippen LogP contribution in [0.5, 0.6) is 0 Å². The first-order valence-corrected chi connectivity index (χ1v) is 5.38. The SMILES string of the molecule is NCC1CC(=O)N(CCn2cccc2)C1. The lowest BCUT2D eigenvalue weighted by atomic mass is 10.1. The molecule has 1 aliphatic heterocycles. The third kappa shape index (κ3) is 2.39. The van der Waals surface area contributed by atoms with Gasteiger partial charge in [0.05, 0.1) is 0 Å². The van der Waals surface area contributed by atoms with Gasteiger partial charge in [0.25, 0.3) is 0 Å². The molecule has 15 heavy (non-hydrogen) atoms. The first-order valence-electron chi connectivity index (χ1n) is 5.38. The Morgan fingerprint density at radius 3 is 2.67 bits per heavy atom. The number of hydrogen-bond donors (Lipinski definition) is 1. The van der Waals surface area contributed by atoms with Gasteiger partial charge >= 0.3 is 0 Å². The standard InChI is InChI=1S/C11H17N3O/c12-8-10-7-11(15)14(9-10)6-5-13-3-1-2-4-13/h1-4,10H,5-9,12H2. The van der Waals surface area contributed by atoms with Gasteiger partial charge in [-0.3, -0.25) is 4.79 Å². The number of nitrogens with two attached hydrogens (primary N) is 1. The summed E-state index contributed by atoms with van der Waals surface area (Å²) in [4.78, 5) is 13.5. The lowest BCUT2D eigenvalue weighted by Crippen LogP contribution is -2.29. The Kier molecular flexibility index (Phi) is 3.06. The van der Waals surface area contributed by atoms with Crippen molar-refractivity contribution in [3.63, 3.8) is 0 Å². The Morgan fingerprint density at radius 1 is 1.33 bits per heavy atom. The summed E-state index contributed by atoms with van der Waals surface area (Å²) < 4.78 is 2.09. The maximum absolute atomic E-state index is 11.6. The van der Waals surface area contributed by atoms with E-state index in [1.54, 1.807) is 0 Å². The van der Waals surface area contributed by atoms with Crippen molar-refractivity contribution in [2.75, 3.05) is 19.6 Å². The maximum Gasteiger partial charge on any atom is 0.223 e. The topological polar surface area (TPSA) is 51.3 Å². The molecule has 0 radical (unpaired) electrons. The summed E-state index contributed by atoms with van der Waals surface area (Å²) in [5.74, 6) is 0.611. The average molecular weight is 207 g/mol. The second-order valence-corrected chi connectivity index (χ2v) is 4.07. The van der Waals surface area contributed by atoms with Gasteiger partial charge in [-0.25, -0.2) is 0 Å². The minimum absolute atomic E-state index is 0.248. The van der Waals surface area contributed by atoms with Crippen molar-refractivity contribution in [1.82, 2.24) is 9.47 Å². The number of carbonyl (C=O) groups is 1. The molecule has 0 bridgehead atoms. The highest BCUT2D eigenvalue weighted by Crippen LogP contribution is 2.16. The molecule has 1 aliphatic rings. The van der Waals surface area contributed by atoms with Crippen LogP contribution in [-0.2, 0) is 11.3 Å². The Balaban J connectivity index is 1.83. The van der Waals surface area contributed by atoms with Crippen molar-refractivity contribution in [2.24, 2.45) is 11.7 Å². The van der Waals surface area contributed by atoms with Gasteiger partial charge in [0.15, 0.2) is 0 Å². The molecular formula is C11H17N3O. The lowest BCUT2D eigenvalue weighted by molar-refractivity contribution is -0.127. The number of hydrogen-bond acceptors (Lipinski definition) is 2. The number of likely N-dealkylation sites (tertiary alicyclic amines) is 1. The van der Waals surface area contributed by atoms with Crippen LogP contribution in [0.2, 0.25) is 0 Å². The number of aromatic nitrogens is 1. The summed E-state index contributed by atoms with van der Waals surface area (Å²) in [6.07, 6.45) is 4.66. The van der Waals surface area contributed by atoms with Crippen molar-refractivity contribution >= 4 is 5.91 Å². The van der Waals surface area contributed by atoms with Crippen molar-refractivity contribution in [3.8, 4) is 0 Å². The summed E-state index contributed by atoms with van der Waals surface area (Å²) in [5, 5.41) is 0. The zero-order valence-corrected chi connectivity index (χ0v) is 8.80. The minimum Gasteiger partial charge on any atom is -0.352 e. The summed E-state index contributed by atoms with van der Waals surface area (Å²) in [6.45, 7) is 3.11. The lowest BCUT2D eigenvalue weighted by Gasteiger charge is -2.16. The summed E-state index contributed by atoms with van der Waals surface area (Å²) in [7, 11) is 0. The third-order valence-corrected chi connectivity index (χ3v) is 2.92. The molecule has 1 amide bonds. The van der Waals surface area contributed by atoms with Crippen molar-refractivity contribution in [2.45, 2.75) is 13.0 Å². The fraction of sp³-hybridized carbons (Fsp3) is 0.545. The fourth-order valence-corrected chi connectivity index (χ4v) is 1.98. The van der Waals surface area contributed by atoms with E-state index in [0.717, 1.165) is 19.6 Å². The molecule has 0 saturated carbocycles. The van der Waals surface area contributed by atoms with Gasteiger partial charge < -0.3 is 15.2 Å². The van der Waals surface area contributed by atoms with E-state index in [2.05, 4.69) is 4.57 Å². The van der Waals surface area contributed by atoms with Gasteiger partial charge in [0.1, 0.15) is 0 Å². The van der Waals surface area contributed by atoms with E-state index in [1.165, 1.54) is 0 Å². The first kappa shape index (κ1) is 10.2. The van der Waals surface area contributed by atoms with Crippen LogP contribution in [0.15, 0.2) is 24.5 Å². The Morgan fingerprint density at radius 2 is 2.07 bits per heavy atom. The Labute approximate surface area is 89.7 Å². The van der Waals surface area contributed by atoms with Crippen LogP contribution >= 0.6 is 0 Å². The van der Waals surface area contributed by atoms with Crippen LogP contribution in [0.25, 0.3) is 0 Å². The molecule has 2 N–H and O–H groups in total. The minimum atomic E-state index is 0.248. The van der Waals surface area contributed by atoms with Crippen LogP contribution in [0.3, 0.4) is 0 Å². The van der Waals surface area contributed by atoms with Crippen LogP contribution < -0.4 is 5.73 Å². The monoisotopic (exact) mass is 207 g/mol.